The van der Waals surface area contributed by atoms with Gasteiger partial charge in [0.1, 0.15) is 10.7 Å². The topological polar surface area (TPSA) is 90.0 Å². The highest BCUT2D eigenvalue weighted by Gasteiger charge is 2.26. The van der Waals surface area contributed by atoms with E-state index in [2.05, 4.69) is 0 Å². The van der Waals surface area contributed by atoms with Crippen LogP contribution in [0, 0.1) is 5.82 Å². The molecule has 0 saturated carbocycles. The fraction of sp³-hybridized carbons (Fsp3) is 0.304. The van der Waals surface area contributed by atoms with Crippen molar-refractivity contribution >= 4 is 48.9 Å². The molecule has 0 atom stereocenters. The summed E-state index contributed by atoms with van der Waals surface area (Å²) in [7, 11) is -1.96. The number of nitrogens with zero attached hydrogens (tertiary/aromatic N) is 1. The van der Waals surface area contributed by atoms with Gasteiger partial charge in [0.25, 0.3) is 0 Å². The fourth-order valence-corrected chi connectivity index (χ4v) is 6.09. The van der Waals surface area contributed by atoms with Crippen molar-refractivity contribution in [2.24, 2.45) is 0 Å². The number of halogens is 1. The van der Waals surface area contributed by atoms with Gasteiger partial charge in [-0.05, 0) is 48.7 Å². The van der Waals surface area contributed by atoms with Crippen molar-refractivity contribution in [1.29, 1.82) is 0 Å². The lowest BCUT2D eigenvalue weighted by molar-refractivity contribution is 0.0476. The Morgan fingerprint density at radius 2 is 2.00 bits per heavy atom. The van der Waals surface area contributed by atoms with Gasteiger partial charge in [0.15, 0.2) is 12.4 Å². The number of hydrogen-bond acceptors (Lipinski definition) is 7. The average molecular weight is 492 g/mol. The van der Waals surface area contributed by atoms with Crippen LogP contribution in [-0.2, 0) is 32.5 Å². The zero-order valence-electron chi connectivity index (χ0n) is 18.1. The summed E-state index contributed by atoms with van der Waals surface area (Å²) in [6.45, 7) is -0.0617. The van der Waals surface area contributed by atoms with Gasteiger partial charge in [0.05, 0.1) is 18.6 Å². The molecular weight excluding hydrogens is 469 g/mol. The molecule has 1 aliphatic heterocycles. The first-order chi connectivity index (χ1) is 15.7. The molecule has 2 heterocycles. The summed E-state index contributed by atoms with van der Waals surface area (Å²) in [4.78, 5) is 25.6. The Morgan fingerprint density at radius 1 is 1.21 bits per heavy atom. The lowest BCUT2D eigenvalue weighted by Crippen LogP contribution is -2.34. The quantitative estimate of drug-likeness (QED) is 0.367. The third kappa shape index (κ3) is 4.64. The zero-order chi connectivity index (χ0) is 23.8. The van der Waals surface area contributed by atoms with Crippen molar-refractivity contribution in [1.82, 2.24) is 0 Å². The maximum Gasteiger partial charge on any atom is 0.349 e. The first-order valence-corrected chi connectivity index (χ1v) is 12.9. The van der Waals surface area contributed by atoms with Gasteiger partial charge in [-0.1, -0.05) is 6.07 Å². The number of rotatable bonds is 7. The minimum absolute atomic E-state index is 0.0287. The van der Waals surface area contributed by atoms with Gasteiger partial charge in [-0.15, -0.1) is 11.3 Å². The van der Waals surface area contributed by atoms with Crippen molar-refractivity contribution < 1.29 is 31.9 Å². The number of benzene rings is 2. The van der Waals surface area contributed by atoms with Crippen molar-refractivity contribution in [2.75, 3.05) is 30.8 Å². The minimum atomic E-state index is -3.40. The van der Waals surface area contributed by atoms with Crippen LogP contribution < -0.4 is 4.31 Å². The number of aryl methyl sites for hydroxylation is 1. The lowest BCUT2D eigenvalue weighted by atomic mass is 9.99. The number of sulfonamides is 1. The average Bonchev–Trinajstić information content (AvgIpc) is 3.16. The van der Waals surface area contributed by atoms with Crippen molar-refractivity contribution in [3.05, 3.63) is 63.8 Å². The normalized spacial score (nSPS) is 13.7. The van der Waals surface area contributed by atoms with E-state index in [1.54, 1.807) is 24.3 Å². The summed E-state index contributed by atoms with van der Waals surface area (Å²) >= 11 is 1.09. The summed E-state index contributed by atoms with van der Waals surface area (Å²) in [6, 6.07) is 9.36. The second-order valence-corrected chi connectivity index (χ2v) is 10.7. The highest BCUT2D eigenvalue weighted by Crippen LogP contribution is 2.34. The Balaban J connectivity index is 1.52. The smallest absolute Gasteiger partial charge is 0.349 e. The van der Waals surface area contributed by atoms with Crippen LogP contribution in [0.2, 0.25) is 0 Å². The van der Waals surface area contributed by atoms with Crippen LogP contribution in [-0.4, -0.2) is 46.7 Å². The molecule has 1 aromatic heterocycles. The Kier molecular flexibility index (Phi) is 6.51. The van der Waals surface area contributed by atoms with Gasteiger partial charge in [-0.2, -0.15) is 0 Å². The molecule has 0 N–H and O–H groups in total. The van der Waals surface area contributed by atoms with E-state index in [1.807, 2.05) is 0 Å². The molecule has 0 spiro atoms. The van der Waals surface area contributed by atoms with Gasteiger partial charge >= 0.3 is 5.97 Å². The van der Waals surface area contributed by atoms with Crippen molar-refractivity contribution in [3.8, 4) is 0 Å². The molecule has 174 valence electrons. The Morgan fingerprint density at radius 3 is 2.73 bits per heavy atom. The zero-order valence-corrected chi connectivity index (χ0v) is 19.7. The lowest BCUT2D eigenvalue weighted by Gasteiger charge is -2.29. The molecule has 0 aliphatic carbocycles. The molecule has 2 aromatic carbocycles. The first kappa shape index (κ1) is 23.3. The molecule has 0 amide bonds. The number of ketones is 1. The number of anilines is 1. The van der Waals surface area contributed by atoms with Gasteiger partial charge in [0.2, 0.25) is 10.0 Å². The van der Waals surface area contributed by atoms with Gasteiger partial charge < -0.3 is 9.47 Å². The number of Topliss-reactive ketones (excluding diaryl/α,β-unsaturated/α-hetero) is 1. The monoisotopic (exact) mass is 491 g/mol. The van der Waals surface area contributed by atoms with Gasteiger partial charge in [0, 0.05) is 34.9 Å². The van der Waals surface area contributed by atoms with Crippen LogP contribution in [0.5, 0.6) is 0 Å². The molecule has 7 nitrogen and oxygen atoms in total. The van der Waals surface area contributed by atoms with Crippen LogP contribution in [0.3, 0.4) is 0 Å². The van der Waals surface area contributed by atoms with Crippen LogP contribution in [0.25, 0.3) is 10.1 Å². The number of fused-ring (bicyclic) bond motifs is 2. The van der Waals surface area contributed by atoms with Gasteiger partial charge in [-0.3, -0.25) is 9.10 Å². The minimum Gasteiger partial charge on any atom is -0.453 e. The Labute approximate surface area is 194 Å². The SMILES string of the molecule is COCc1c(C(=O)OCC(=O)c2ccc3c(c2)CCCN3S(C)(=O)=O)sc2cccc(F)c12. The van der Waals surface area contributed by atoms with E-state index in [0.717, 1.165) is 23.2 Å². The number of ether oxygens (including phenoxy) is 2. The van der Waals surface area contributed by atoms with E-state index in [4.69, 9.17) is 9.47 Å². The van der Waals surface area contributed by atoms with Crippen LogP contribution in [0.1, 0.15) is 37.6 Å². The number of carbonyl (C=O) groups excluding carboxylic acids is 2. The molecule has 1 aliphatic rings. The second kappa shape index (κ2) is 9.20. The van der Waals surface area contributed by atoms with E-state index >= 15 is 0 Å². The predicted octanol–water partition coefficient (Wildman–Crippen LogP) is 3.94. The second-order valence-electron chi connectivity index (χ2n) is 7.74. The summed E-state index contributed by atoms with van der Waals surface area (Å²) < 4.78 is 50.7. The standard InChI is InChI=1S/C23H22FNO6S2/c1-30-12-16-21-17(24)6-3-7-20(21)32-22(16)23(27)31-13-19(26)15-8-9-18-14(11-15)5-4-10-25(18)33(2,28)29/h3,6-9,11H,4-5,10,12-13H2,1-2H3. The van der Waals surface area contributed by atoms with Gasteiger partial charge in [-0.25, -0.2) is 17.6 Å². The van der Waals surface area contributed by atoms with E-state index < -0.39 is 34.2 Å². The Bertz CT molecular complexity index is 1350. The fourth-order valence-electron chi connectivity index (χ4n) is 3.97. The van der Waals surface area contributed by atoms with Crippen LogP contribution in [0.4, 0.5) is 10.1 Å². The molecule has 33 heavy (non-hydrogen) atoms. The largest absolute Gasteiger partial charge is 0.453 e. The molecular formula is C23H22FNO6S2. The van der Waals surface area contributed by atoms with E-state index in [-0.39, 0.29) is 11.5 Å². The molecule has 0 bridgehead atoms. The highest BCUT2D eigenvalue weighted by atomic mass is 32.2. The predicted molar refractivity (Wildman–Crippen MR) is 124 cm³/mol. The van der Waals surface area contributed by atoms with E-state index in [1.165, 1.54) is 23.5 Å². The third-order valence-electron chi connectivity index (χ3n) is 5.45. The molecule has 0 radical (unpaired) electrons. The van der Waals surface area contributed by atoms with E-state index in [9.17, 15) is 22.4 Å². The molecule has 10 heteroatoms. The number of esters is 1. The summed E-state index contributed by atoms with van der Waals surface area (Å²) in [5.74, 6) is -1.59. The summed E-state index contributed by atoms with van der Waals surface area (Å²) in [6.07, 6.45) is 2.45. The molecule has 4 rings (SSSR count). The third-order valence-corrected chi connectivity index (χ3v) is 7.81. The number of carbonyl (C=O) groups is 2. The number of thiophene rings is 1. The van der Waals surface area contributed by atoms with E-state index in [0.29, 0.717) is 46.3 Å². The van der Waals surface area contributed by atoms with Crippen LogP contribution >= 0.6 is 11.3 Å². The van der Waals surface area contributed by atoms with Crippen LogP contribution in [0.15, 0.2) is 36.4 Å². The first-order valence-electron chi connectivity index (χ1n) is 10.2. The number of hydrogen-bond donors (Lipinski definition) is 0. The molecule has 0 unspecified atom stereocenters. The number of methoxy groups -OCH3 is 1. The molecule has 3 aromatic rings. The van der Waals surface area contributed by atoms with Crippen molar-refractivity contribution in [2.45, 2.75) is 19.4 Å². The molecule has 0 fully saturated rings. The highest BCUT2D eigenvalue weighted by molar-refractivity contribution is 7.92. The summed E-state index contributed by atoms with van der Waals surface area (Å²) in [5.41, 5.74) is 2.04. The summed E-state index contributed by atoms with van der Waals surface area (Å²) in [5, 5.41) is 0.313. The maximum absolute atomic E-state index is 14.3. The van der Waals surface area contributed by atoms with Crippen molar-refractivity contribution in [3.63, 3.8) is 0 Å². The maximum atomic E-state index is 14.3. The Hall–Kier alpha value is -2.82. The molecule has 0 saturated heterocycles.